The topological polar surface area (TPSA) is 145 Å². The van der Waals surface area contributed by atoms with Gasteiger partial charge in [0.05, 0.1) is 15.4 Å². The third-order valence-corrected chi connectivity index (χ3v) is 5.38. The van der Waals surface area contributed by atoms with Gasteiger partial charge in [-0.25, -0.2) is 17.9 Å². The summed E-state index contributed by atoms with van der Waals surface area (Å²) in [6.45, 7) is 2.60. The lowest BCUT2D eigenvalue weighted by molar-refractivity contribution is -0.387. The van der Waals surface area contributed by atoms with Crippen LogP contribution >= 0.6 is 0 Å². The molecule has 30 heavy (non-hydrogen) atoms. The minimum Gasteiger partial charge on any atom is -0.452 e. The summed E-state index contributed by atoms with van der Waals surface area (Å²) >= 11 is 0. The molecular weight excluding hydrogens is 421 g/mol. The number of ether oxygens (including phenoxy) is 1. The lowest BCUT2D eigenvalue weighted by atomic mass is 10.1. The molecule has 0 aliphatic rings. The number of aryl methyl sites for hydroxylation is 1. The van der Waals surface area contributed by atoms with Gasteiger partial charge in [-0.15, -0.1) is 0 Å². The van der Waals surface area contributed by atoms with E-state index in [4.69, 9.17) is 4.74 Å². The third-order valence-electron chi connectivity index (χ3n) is 3.83. The van der Waals surface area contributed by atoms with Crippen molar-refractivity contribution in [3.63, 3.8) is 0 Å². The fourth-order valence-corrected chi connectivity index (χ4v) is 3.46. The zero-order valence-electron chi connectivity index (χ0n) is 16.0. The van der Waals surface area contributed by atoms with E-state index in [9.17, 15) is 32.5 Å². The van der Waals surface area contributed by atoms with E-state index in [0.717, 1.165) is 24.3 Å². The Morgan fingerprint density at radius 3 is 2.53 bits per heavy atom. The maximum atomic E-state index is 13.3. The molecule has 0 aliphatic carbocycles. The van der Waals surface area contributed by atoms with Crippen molar-refractivity contribution in [2.75, 3.05) is 18.5 Å². The summed E-state index contributed by atoms with van der Waals surface area (Å²) in [5.74, 6) is -2.81. The van der Waals surface area contributed by atoms with E-state index in [0.29, 0.717) is 5.56 Å². The Morgan fingerprint density at radius 1 is 1.20 bits per heavy atom. The first kappa shape index (κ1) is 22.9. The number of carbonyl (C=O) groups excluding carboxylic acids is 2. The number of hydrogen-bond donors (Lipinski definition) is 2. The van der Waals surface area contributed by atoms with Gasteiger partial charge in [0, 0.05) is 18.3 Å². The Labute approximate surface area is 171 Å². The predicted molar refractivity (Wildman–Crippen MR) is 104 cm³/mol. The smallest absolute Gasteiger partial charge is 0.338 e. The van der Waals surface area contributed by atoms with Gasteiger partial charge in [0.1, 0.15) is 0 Å². The van der Waals surface area contributed by atoms with E-state index >= 15 is 0 Å². The quantitative estimate of drug-likeness (QED) is 0.364. The zero-order chi connectivity index (χ0) is 22.5. The number of esters is 1. The molecule has 1 amide bonds. The van der Waals surface area contributed by atoms with E-state index in [1.54, 1.807) is 13.8 Å². The molecule has 2 rings (SSSR count). The number of benzene rings is 2. The minimum absolute atomic E-state index is 0.0424. The van der Waals surface area contributed by atoms with Crippen molar-refractivity contribution < 1.29 is 32.1 Å². The van der Waals surface area contributed by atoms with Gasteiger partial charge in [-0.2, -0.15) is 4.39 Å². The molecular formula is C18H18FN3O7S. The van der Waals surface area contributed by atoms with Crippen LogP contribution in [0.1, 0.15) is 22.8 Å². The normalized spacial score (nSPS) is 11.0. The summed E-state index contributed by atoms with van der Waals surface area (Å²) < 4.78 is 44.7. The van der Waals surface area contributed by atoms with E-state index in [1.807, 2.05) is 0 Å². The summed E-state index contributed by atoms with van der Waals surface area (Å²) in [7, 11) is -3.79. The van der Waals surface area contributed by atoms with Crippen molar-refractivity contribution in [3.05, 3.63) is 63.5 Å². The van der Waals surface area contributed by atoms with E-state index in [2.05, 4.69) is 10.0 Å². The average molecular weight is 439 g/mol. The number of rotatable bonds is 8. The van der Waals surface area contributed by atoms with Gasteiger partial charge >= 0.3 is 11.7 Å². The highest BCUT2D eigenvalue weighted by atomic mass is 32.2. The second kappa shape index (κ2) is 9.41. The first-order valence-corrected chi connectivity index (χ1v) is 10.0. The Kier molecular flexibility index (Phi) is 7.19. The second-order valence-corrected chi connectivity index (χ2v) is 7.79. The Bertz CT molecular complexity index is 1100. The van der Waals surface area contributed by atoms with Crippen molar-refractivity contribution in [1.82, 2.24) is 4.72 Å². The van der Waals surface area contributed by atoms with Crippen molar-refractivity contribution in [2.45, 2.75) is 18.7 Å². The van der Waals surface area contributed by atoms with Crippen LogP contribution in [0.3, 0.4) is 0 Å². The standard InChI is InChI=1S/C18H18FN3O7S/c1-3-20-30(27,28)13-6-4-11(2)14(9-13)18(24)29-10-17(23)21-12-5-7-15(19)16(8-12)22(25)26/h4-9,20H,3,10H2,1-2H3,(H,21,23). The molecule has 0 radical (unpaired) electrons. The van der Waals surface area contributed by atoms with Crippen LogP contribution < -0.4 is 10.0 Å². The molecule has 0 atom stereocenters. The lowest BCUT2D eigenvalue weighted by Gasteiger charge is -2.10. The number of nitro groups is 1. The van der Waals surface area contributed by atoms with Crippen LogP contribution in [0.25, 0.3) is 0 Å². The van der Waals surface area contributed by atoms with E-state index in [-0.39, 0.29) is 22.7 Å². The molecule has 0 aliphatic heterocycles. The Balaban J connectivity index is 2.08. The molecule has 0 fully saturated rings. The maximum Gasteiger partial charge on any atom is 0.338 e. The number of amides is 1. The van der Waals surface area contributed by atoms with Crippen molar-refractivity contribution >= 4 is 33.3 Å². The number of halogens is 1. The van der Waals surface area contributed by atoms with Crippen LogP contribution in [-0.4, -0.2) is 38.4 Å². The van der Waals surface area contributed by atoms with Gasteiger partial charge in [-0.3, -0.25) is 14.9 Å². The molecule has 0 heterocycles. The number of hydrogen-bond acceptors (Lipinski definition) is 7. The van der Waals surface area contributed by atoms with Gasteiger partial charge in [0.2, 0.25) is 15.8 Å². The Hall–Kier alpha value is -3.38. The van der Waals surface area contributed by atoms with Crippen molar-refractivity contribution in [2.24, 2.45) is 0 Å². The van der Waals surface area contributed by atoms with Gasteiger partial charge in [-0.05, 0) is 36.8 Å². The molecule has 0 aromatic heterocycles. The fraction of sp³-hybridized carbons (Fsp3) is 0.222. The number of nitrogens with zero attached hydrogens (tertiary/aromatic N) is 1. The molecule has 2 aromatic rings. The van der Waals surface area contributed by atoms with Gasteiger partial charge < -0.3 is 10.1 Å². The predicted octanol–water partition coefficient (Wildman–Crippen LogP) is 2.14. The van der Waals surface area contributed by atoms with Gasteiger partial charge in [-0.1, -0.05) is 13.0 Å². The summed E-state index contributed by atoms with van der Waals surface area (Å²) in [6.07, 6.45) is 0. The van der Waals surface area contributed by atoms with Gasteiger partial charge in [0.25, 0.3) is 5.91 Å². The highest BCUT2D eigenvalue weighted by Crippen LogP contribution is 2.21. The second-order valence-electron chi connectivity index (χ2n) is 6.03. The van der Waals surface area contributed by atoms with Crippen LogP contribution in [0.2, 0.25) is 0 Å². The van der Waals surface area contributed by atoms with Crippen LogP contribution in [-0.2, 0) is 19.6 Å². The monoisotopic (exact) mass is 439 g/mol. The van der Waals surface area contributed by atoms with E-state index < -0.39 is 44.9 Å². The average Bonchev–Trinajstić information content (AvgIpc) is 2.67. The SMILES string of the molecule is CCNS(=O)(=O)c1ccc(C)c(C(=O)OCC(=O)Nc2ccc(F)c([N+](=O)[O-])c2)c1. The molecule has 2 aromatic carbocycles. The number of carbonyl (C=O) groups is 2. The number of nitrogens with one attached hydrogen (secondary N) is 2. The van der Waals surface area contributed by atoms with Crippen LogP contribution in [0.15, 0.2) is 41.3 Å². The Morgan fingerprint density at radius 2 is 1.90 bits per heavy atom. The number of anilines is 1. The molecule has 10 nitrogen and oxygen atoms in total. The largest absolute Gasteiger partial charge is 0.452 e. The third kappa shape index (κ3) is 5.58. The fourth-order valence-electron chi connectivity index (χ4n) is 2.40. The first-order valence-electron chi connectivity index (χ1n) is 8.56. The minimum atomic E-state index is -3.79. The summed E-state index contributed by atoms with van der Waals surface area (Å²) in [5, 5.41) is 13.0. The summed E-state index contributed by atoms with van der Waals surface area (Å²) in [5.41, 5.74) is -0.484. The van der Waals surface area contributed by atoms with Crippen molar-refractivity contribution in [3.8, 4) is 0 Å². The highest BCUT2D eigenvalue weighted by molar-refractivity contribution is 7.89. The molecule has 12 heteroatoms. The lowest BCUT2D eigenvalue weighted by Crippen LogP contribution is -2.24. The molecule has 0 bridgehead atoms. The van der Waals surface area contributed by atoms with Crippen molar-refractivity contribution in [1.29, 1.82) is 0 Å². The molecule has 0 spiro atoms. The maximum absolute atomic E-state index is 13.3. The van der Waals surface area contributed by atoms with Crippen LogP contribution in [0.4, 0.5) is 15.8 Å². The molecule has 2 N–H and O–H groups in total. The zero-order valence-corrected chi connectivity index (χ0v) is 16.8. The molecule has 0 saturated carbocycles. The van der Waals surface area contributed by atoms with Crippen LogP contribution in [0.5, 0.6) is 0 Å². The number of sulfonamides is 1. The summed E-state index contributed by atoms with van der Waals surface area (Å²) in [4.78, 5) is 33.9. The molecule has 0 saturated heterocycles. The highest BCUT2D eigenvalue weighted by Gasteiger charge is 2.19. The van der Waals surface area contributed by atoms with E-state index in [1.165, 1.54) is 12.1 Å². The summed E-state index contributed by atoms with van der Waals surface area (Å²) in [6, 6.07) is 6.66. The van der Waals surface area contributed by atoms with Gasteiger partial charge in [0.15, 0.2) is 6.61 Å². The van der Waals surface area contributed by atoms with Crippen LogP contribution in [0, 0.1) is 22.9 Å². The first-order chi connectivity index (χ1) is 14.0. The molecule has 160 valence electrons. The molecule has 0 unspecified atom stereocenters. The number of nitro benzene ring substituents is 1.